The molecule has 1 fully saturated rings. The fourth-order valence-electron chi connectivity index (χ4n) is 4.44. The van der Waals surface area contributed by atoms with Crippen LogP contribution in [0.3, 0.4) is 0 Å². The summed E-state index contributed by atoms with van der Waals surface area (Å²) in [6, 6.07) is 8.19. The first-order chi connectivity index (χ1) is 20.1. The molecule has 220 valence electrons. The molecule has 0 spiro atoms. The van der Waals surface area contributed by atoms with Gasteiger partial charge in [0.25, 0.3) is 0 Å². The minimum atomic E-state index is -3.08. The SMILES string of the molecule is O=Nc1ccc2c(O)n(CC(=O)O[C@@H](Cc3c(Cl)c[nH+]cc3Cl)c3ccc(OC(F)F)c(OCC4CC4)c3)c(O)c2c1. The van der Waals surface area contributed by atoms with E-state index in [1.807, 2.05) is 0 Å². The smallest absolute Gasteiger partial charge is 0.387 e. The minimum Gasteiger partial charge on any atom is -0.494 e. The molecule has 0 aliphatic heterocycles. The van der Waals surface area contributed by atoms with Crippen molar-refractivity contribution in [3.8, 4) is 23.3 Å². The van der Waals surface area contributed by atoms with Crippen molar-refractivity contribution in [2.24, 2.45) is 11.1 Å². The molecule has 2 aromatic heterocycles. The van der Waals surface area contributed by atoms with Crippen LogP contribution in [0.5, 0.6) is 23.3 Å². The fraction of sp³-hybridized carbons (Fsp3) is 0.286. The van der Waals surface area contributed by atoms with Crippen LogP contribution < -0.4 is 14.5 Å². The number of carbonyl (C=O) groups excluding carboxylic acids is 1. The Hall–Kier alpha value is -4.16. The van der Waals surface area contributed by atoms with Crippen LogP contribution in [-0.4, -0.2) is 34.0 Å². The zero-order valence-electron chi connectivity index (χ0n) is 21.7. The first-order valence-corrected chi connectivity index (χ1v) is 13.5. The fourth-order valence-corrected chi connectivity index (χ4v) is 4.97. The van der Waals surface area contributed by atoms with Crippen LogP contribution in [0.15, 0.2) is 54.0 Å². The van der Waals surface area contributed by atoms with E-state index >= 15 is 0 Å². The number of aromatic hydroxyl groups is 2. The van der Waals surface area contributed by atoms with Gasteiger partial charge in [0, 0.05) is 22.8 Å². The Balaban J connectivity index is 1.47. The van der Waals surface area contributed by atoms with Gasteiger partial charge in [-0.2, -0.15) is 8.78 Å². The van der Waals surface area contributed by atoms with Crippen LogP contribution in [0.1, 0.15) is 30.1 Å². The number of alkyl halides is 2. The van der Waals surface area contributed by atoms with E-state index in [0.29, 0.717) is 23.7 Å². The quantitative estimate of drug-likeness (QED) is 0.136. The van der Waals surface area contributed by atoms with Crippen molar-refractivity contribution >= 4 is 45.6 Å². The summed E-state index contributed by atoms with van der Waals surface area (Å²) >= 11 is 12.7. The Morgan fingerprint density at radius 2 is 1.76 bits per heavy atom. The number of aromatic nitrogens is 2. The number of halogens is 4. The zero-order valence-corrected chi connectivity index (χ0v) is 23.2. The number of hydrogen-bond donors (Lipinski definition) is 2. The highest BCUT2D eigenvalue weighted by Gasteiger charge is 2.27. The standard InChI is InChI=1S/C28H23Cl2F2N3O7/c29-20-10-33-11-21(30)19(20)9-23(15-3-6-22(42-28(31)32)24(7-15)40-13-14-1-2-14)41-25(36)12-35-26(37)17-5-4-16(34-39)8-18(17)27(35)38/h3-8,10-11,14,23,28,37-38H,1-2,9,12-13H2/p+1/t23-/m0/s1. The third-order valence-corrected chi connectivity index (χ3v) is 7.45. The Labute approximate surface area is 247 Å². The van der Waals surface area contributed by atoms with Crippen LogP contribution in [0.4, 0.5) is 14.5 Å². The lowest BCUT2D eigenvalue weighted by Crippen LogP contribution is -2.19. The molecule has 4 aromatic rings. The highest BCUT2D eigenvalue weighted by atomic mass is 35.5. The maximum atomic E-state index is 13.2. The first kappa shape index (κ1) is 29.3. The van der Waals surface area contributed by atoms with Gasteiger partial charge in [-0.3, -0.25) is 9.36 Å². The van der Waals surface area contributed by atoms with Gasteiger partial charge in [0.1, 0.15) is 28.4 Å². The van der Waals surface area contributed by atoms with Crippen molar-refractivity contribution in [2.45, 2.75) is 38.5 Å². The summed E-state index contributed by atoms with van der Waals surface area (Å²) in [6.45, 7) is -3.39. The summed E-state index contributed by atoms with van der Waals surface area (Å²) in [4.78, 5) is 26.9. The molecular weight excluding hydrogens is 599 g/mol. The summed E-state index contributed by atoms with van der Waals surface area (Å²) in [5.41, 5.74) is 0.823. The van der Waals surface area contributed by atoms with Crippen LogP contribution in [0, 0.1) is 10.8 Å². The molecule has 42 heavy (non-hydrogen) atoms. The van der Waals surface area contributed by atoms with Crippen molar-refractivity contribution in [3.05, 3.63) is 74.9 Å². The second kappa shape index (κ2) is 12.4. The molecule has 0 bridgehead atoms. The maximum Gasteiger partial charge on any atom is 0.387 e. The van der Waals surface area contributed by atoms with Gasteiger partial charge in [0.05, 0.1) is 6.61 Å². The normalized spacial score (nSPS) is 13.7. The molecule has 0 radical (unpaired) electrons. The van der Waals surface area contributed by atoms with E-state index in [2.05, 4.69) is 14.9 Å². The maximum absolute atomic E-state index is 13.2. The number of H-pyrrole nitrogens is 1. The largest absolute Gasteiger partial charge is 0.494 e. The van der Waals surface area contributed by atoms with Gasteiger partial charge in [-0.1, -0.05) is 29.3 Å². The Morgan fingerprint density at radius 3 is 2.43 bits per heavy atom. The monoisotopic (exact) mass is 622 g/mol. The van der Waals surface area contributed by atoms with Crippen molar-refractivity contribution < 1.29 is 43.0 Å². The van der Waals surface area contributed by atoms with E-state index in [1.54, 1.807) is 0 Å². The number of esters is 1. The number of fused-ring (bicyclic) bond motifs is 1. The molecule has 1 atom stereocenters. The summed E-state index contributed by atoms with van der Waals surface area (Å²) in [5, 5.41) is 25.0. The van der Waals surface area contributed by atoms with Gasteiger partial charge in [0.15, 0.2) is 23.9 Å². The van der Waals surface area contributed by atoms with E-state index in [4.69, 9.17) is 32.7 Å². The van der Waals surface area contributed by atoms with Crippen molar-refractivity contribution in [1.82, 2.24) is 4.57 Å². The number of nitrogens with one attached hydrogen (secondary N) is 1. The predicted octanol–water partition coefficient (Wildman–Crippen LogP) is 6.49. The molecule has 0 amide bonds. The molecular formula is C28H24Cl2F2N3O7+. The minimum absolute atomic E-state index is 0.0187. The zero-order chi connectivity index (χ0) is 30.0. The van der Waals surface area contributed by atoms with Gasteiger partial charge in [-0.25, -0.2) is 4.98 Å². The van der Waals surface area contributed by atoms with E-state index in [1.165, 1.54) is 48.8 Å². The highest BCUT2D eigenvalue weighted by Crippen LogP contribution is 2.40. The van der Waals surface area contributed by atoms with Crippen LogP contribution in [0.2, 0.25) is 10.0 Å². The Bertz CT molecular complexity index is 1630. The second-order valence-electron chi connectivity index (χ2n) is 9.71. The lowest BCUT2D eigenvalue weighted by Gasteiger charge is -2.21. The van der Waals surface area contributed by atoms with E-state index in [9.17, 15) is 28.7 Å². The lowest BCUT2D eigenvalue weighted by atomic mass is 10.0. The molecule has 2 aromatic carbocycles. The van der Waals surface area contributed by atoms with Crippen LogP contribution in [-0.2, 0) is 22.5 Å². The average molecular weight is 623 g/mol. The molecule has 2 heterocycles. The van der Waals surface area contributed by atoms with Gasteiger partial charge in [-0.15, -0.1) is 4.91 Å². The average Bonchev–Trinajstić information content (AvgIpc) is 3.76. The number of ether oxygens (including phenoxy) is 3. The Kier molecular flexibility index (Phi) is 8.64. The number of nitroso groups, excluding NO2 is 1. The number of aromatic amines is 1. The number of hydrogen-bond acceptors (Lipinski definition) is 8. The molecule has 0 saturated heterocycles. The van der Waals surface area contributed by atoms with Crippen molar-refractivity contribution in [3.63, 3.8) is 0 Å². The van der Waals surface area contributed by atoms with Crippen molar-refractivity contribution in [2.75, 3.05) is 6.61 Å². The molecule has 5 rings (SSSR count). The summed E-state index contributed by atoms with van der Waals surface area (Å²) in [6.07, 6.45) is 3.85. The van der Waals surface area contributed by atoms with E-state index < -0.39 is 37.0 Å². The molecule has 14 heteroatoms. The Morgan fingerprint density at radius 1 is 1.05 bits per heavy atom. The molecule has 3 N–H and O–H groups in total. The predicted molar refractivity (Wildman–Crippen MR) is 148 cm³/mol. The highest BCUT2D eigenvalue weighted by molar-refractivity contribution is 6.35. The lowest BCUT2D eigenvalue weighted by molar-refractivity contribution is -0.377. The third kappa shape index (κ3) is 6.50. The molecule has 10 nitrogen and oxygen atoms in total. The number of nitrogens with zero attached hydrogens (tertiary/aromatic N) is 2. The van der Waals surface area contributed by atoms with E-state index in [0.717, 1.165) is 17.4 Å². The van der Waals surface area contributed by atoms with Gasteiger partial charge >= 0.3 is 12.6 Å². The molecule has 0 unspecified atom stereocenters. The summed E-state index contributed by atoms with van der Waals surface area (Å²) in [5.74, 6) is -1.59. The number of rotatable bonds is 12. The van der Waals surface area contributed by atoms with Gasteiger partial charge in [-0.05, 0) is 59.8 Å². The molecule has 1 saturated carbocycles. The number of benzene rings is 2. The number of pyridine rings is 1. The first-order valence-electron chi connectivity index (χ1n) is 12.8. The summed E-state index contributed by atoms with van der Waals surface area (Å²) < 4.78 is 43.3. The van der Waals surface area contributed by atoms with Crippen molar-refractivity contribution in [1.29, 1.82) is 0 Å². The van der Waals surface area contributed by atoms with Gasteiger partial charge < -0.3 is 24.4 Å². The number of carbonyl (C=O) groups is 1. The topological polar surface area (TPSA) is 134 Å². The van der Waals surface area contributed by atoms with Crippen LogP contribution in [0.25, 0.3) is 10.8 Å². The van der Waals surface area contributed by atoms with E-state index in [-0.39, 0.29) is 44.4 Å². The third-order valence-electron chi connectivity index (χ3n) is 6.78. The van der Waals surface area contributed by atoms with Crippen LogP contribution >= 0.6 is 23.2 Å². The second-order valence-corrected chi connectivity index (χ2v) is 10.5. The summed E-state index contributed by atoms with van der Waals surface area (Å²) in [7, 11) is 0. The van der Waals surface area contributed by atoms with Gasteiger partial charge in [0.2, 0.25) is 11.8 Å². The molecule has 1 aliphatic rings. The molecule has 1 aliphatic carbocycles.